The molecular weight excluding hydrogens is 859 g/mol. The molecule has 17 heteroatoms. The van der Waals surface area contributed by atoms with Crippen molar-refractivity contribution in [1.82, 2.24) is 25.1 Å². The summed E-state index contributed by atoms with van der Waals surface area (Å²) in [5.74, 6) is 0.617. The number of anilines is 1. The lowest BCUT2D eigenvalue weighted by Gasteiger charge is -2.48. The number of thioether (sulfide) groups is 2. The smallest absolute Gasteiger partial charge is 0.414 e. The summed E-state index contributed by atoms with van der Waals surface area (Å²) in [6.45, 7) is 4.87. The maximum absolute atomic E-state index is 14.0. The number of pyridine rings is 1. The summed E-state index contributed by atoms with van der Waals surface area (Å²) in [5, 5.41) is 12.1. The summed E-state index contributed by atoms with van der Waals surface area (Å²) in [4.78, 5) is 72.1. The lowest BCUT2D eigenvalue weighted by atomic mass is 9.77. The van der Waals surface area contributed by atoms with Crippen molar-refractivity contribution in [3.63, 3.8) is 0 Å². The number of esters is 1. The van der Waals surface area contributed by atoms with Crippen molar-refractivity contribution in [1.29, 1.82) is 0 Å². The predicted molar refractivity (Wildman–Crippen MR) is 243 cm³/mol. The van der Waals surface area contributed by atoms with Crippen LogP contribution in [0.1, 0.15) is 43.2 Å². The fraction of sp³-hybridized carbons (Fsp3) is 0.239. The quantitative estimate of drug-likeness (QED) is 0.0161. The highest BCUT2D eigenvalue weighted by Crippen LogP contribution is 2.42. The number of nitrogens with zero attached hydrogens (tertiary/aromatic N) is 5. The van der Waals surface area contributed by atoms with Crippen LogP contribution in [0.5, 0.6) is 0 Å². The van der Waals surface area contributed by atoms with Crippen LogP contribution in [0.4, 0.5) is 9.93 Å². The number of amides is 3. The Bertz CT molecular complexity index is 2430. The Morgan fingerprint density at radius 2 is 1.57 bits per heavy atom. The van der Waals surface area contributed by atoms with Crippen LogP contribution in [0.3, 0.4) is 0 Å². The van der Waals surface area contributed by atoms with Crippen molar-refractivity contribution in [2.24, 2.45) is 5.16 Å². The van der Waals surface area contributed by atoms with Gasteiger partial charge >= 0.3 is 12.1 Å². The molecule has 2 aliphatic heterocycles. The topological polar surface area (TPSA) is 165 Å². The second-order valence-electron chi connectivity index (χ2n) is 14.9. The van der Waals surface area contributed by atoms with Gasteiger partial charge < -0.3 is 24.9 Å². The number of carbonyl (C=O) groups is 4. The van der Waals surface area contributed by atoms with Crippen LogP contribution < -0.4 is 10.6 Å². The number of thiazole rings is 1. The number of terminal acetylenes is 1. The average molecular weight is 902 g/mol. The number of hydrogen-bond donors (Lipinski definition) is 2. The highest BCUT2D eigenvalue weighted by molar-refractivity contribution is 8.00. The summed E-state index contributed by atoms with van der Waals surface area (Å²) in [6.07, 6.45) is 9.52. The van der Waals surface area contributed by atoms with Gasteiger partial charge in [0.15, 0.2) is 10.8 Å². The number of aromatic nitrogens is 2. The molecule has 7 rings (SSSR count). The van der Waals surface area contributed by atoms with E-state index in [1.165, 1.54) is 35.1 Å². The van der Waals surface area contributed by atoms with Gasteiger partial charge in [-0.1, -0.05) is 114 Å². The molecule has 5 aromatic rings. The molecule has 14 nitrogen and oxygen atoms in total. The first-order valence-electron chi connectivity index (χ1n) is 19.6. The molecule has 1 fully saturated rings. The molecule has 3 aromatic carbocycles. The summed E-state index contributed by atoms with van der Waals surface area (Å²) in [6, 6.07) is 32.4. The molecule has 0 bridgehead atoms. The van der Waals surface area contributed by atoms with Gasteiger partial charge in [0.2, 0.25) is 5.56 Å². The first-order valence-corrected chi connectivity index (χ1v) is 22.4. The number of rotatable bonds is 15. The Kier molecular flexibility index (Phi) is 13.8. The van der Waals surface area contributed by atoms with Crippen molar-refractivity contribution in [2.75, 3.05) is 24.7 Å². The van der Waals surface area contributed by atoms with Crippen LogP contribution in [-0.4, -0.2) is 91.3 Å². The van der Waals surface area contributed by atoms with E-state index in [0.717, 1.165) is 33.4 Å². The van der Waals surface area contributed by atoms with Gasteiger partial charge in [0.1, 0.15) is 41.1 Å². The number of oxime groups is 1. The molecule has 322 valence electrons. The van der Waals surface area contributed by atoms with Gasteiger partial charge in [0, 0.05) is 28.4 Å². The number of hydrogen-bond acceptors (Lipinski definition) is 14. The maximum atomic E-state index is 14.0. The van der Waals surface area contributed by atoms with Crippen LogP contribution >= 0.6 is 34.9 Å². The zero-order valence-electron chi connectivity index (χ0n) is 34.7. The fourth-order valence-corrected chi connectivity index (χ4v) is 9.78. The van der Waals surface area contributed by atoms with Gasteiger partial charge in [-0.25, -0.2) is 14.6 Å². The second kappa shape index (κ2) is 19.6. The van der Waals surface area contributed by atoms with E-state index in [-0.39, 0.29) is 23.6 Å². The molecule has 0 radical (unpaired) electrons. The summed E-state index contributed by atoms with van der Waals surface area (Å²) < 4.78 is 11.5. The maximum Gasteiger partial charge on any atom is 0.414 e. The zero-order chi connectivity index (χ0) is 44.6. The lowest BCUT2D eigenvalue weighted by molar-refractivity contribution is -0.155. The van der Waals surface area contributed by atoms with Gasteiger partial charge in [0.05, 0.1) is 6.54 Å². The van der Waals surface area contributed by atoms with Crippen LogP contribution in [0.2, 0.25) is 0 Å². The normalized spacial score (nSPS) is 16.6. The van der Waals surface area contributed by atoms with Crippen molar-refractivity contribution in [3.05, 3.63) is 155 Å². The Morgan fingerprint density at radius 1 is 0.968 bits per heavy atom. The monoisotopic (exact) mass is 901 g/mol. The molecule has 0 saturated carbocycles. The highest BCUT2D eigenvalue weighted by Gasteiger charge is 2.54. The minimum absolute atomic E-state index is 0.0424. The second-order valence-corrected chi connectivity index (χ2v) is 18.0. The molecule has 3 atom stereocenters. The van der Waals surface area contributed by atoms with Crippen molar-refractivity contribution >= 4 is 69.6 Å². The minimum atomic E-state index is -1.28. The van der Waals surface area contributed by atoms with Gasteiger partial charge in [-0.05, 0) is 55.7 Å². The standard InChI is InChI=1S/C46H43N7O7S3/c1-6-27-52(43(57)60-45(2,3)4)44(63-33-22-25-47-26-23-33)59-41(56)35-24-28-61-40-37(39(55)53(35)40)49-38(54)36(51-58-5)34-29-62-42(48-34)50-46(30-16-10-7-11-17-30,31-18-12-8-13-19-31)32-20-14-9-15-21-32/h1,7-26,29,37,40,44H,27-28H2,2-5H3,(H,48,50)(H,49,54)/b51-36-/t37?,40-,44?/m0/s1. The number of nitrogens with one attached hydrogen (secondary N) is 2. The molecule has 2 aromatic heterocycles. The van der Waals surface area contributed by atoms with E-state index < -0.39 is 52.0 Å². The van der Waals surface area contributed by atoms with Gasteiger partial charge in [0.25, 0.3) is 11.8 Å². The molecule has 0 aliphatic carbocycles. The minimum Gasteiger partial charge on any atom is -0.444 e. The van der Waals surface area contributed by atoms with E-state index in [0.29, 0.717) is 15.8 Å². The number of β-lactam (4-membered cyclic amide) rings is 1. The third kappa shape index (κ3) is 9.88. The molecule has 1 saturated heterocycles. The van der Waals surface area contributed by atoms with Crippen molar-refractivity contribution < 1.29 is 33.5 Å². The Labute approximate surface area is 377 Å². The first-order chi connectivity index (χ1) is 30.4. The number of benzene rings is 3. The Morgan fingerprint density at radius 3 is 2.13 bits per heavy atom. The highest BCUT2D eigenvalue weighted by atomic mass is 32.2. The van der Waals surface area contributed by atoms with Crippen LogP contribution in [0.25, 0.3) is 0 Å². The van der Waals surface area contributed by atoms with E-state index in [2.05, 4.69) is 26.7 Å². The predicted octanol–water partition coefficient (Wildman–Crippen LogP) is 7.07. The molecule has 2 aliphatic rings. The van der Waals surface area contributed by atoms with Gasteiger partial charge in [-0.15, -0.1) is 29.5 Å². The van der Waals surface area contributed by atoms with Crippen molar-refractivity contribution in [3.8, 4) is 12.3 Å². The molecule has 0 spiro atoms. The molecule has 2 N–H and O–H groups in total. The third-order valence-corrected chi connectivity index (χ3v) is 12.7. The molecule has 3 amide bonds. The molecule has 4 heterocycles. The molecular formula is C46H43N7O7S3. The van der Waals surface area contributed by atoms with Crippen LogP contribution in [0, 0.1) is 12.3 Å². The summed E-state index contributed by atoms with van der Waals surface area (Å²) in [7, 11) is 1.31. The van der Waals surface area contributed by atoms with Crippen LogP contribution in [-0.2, 0) is 34.2 Å². The van der Waals surface area contributed by atoms with E-state index >= 15 is 0 Å². The van der Waals surface area contributed by atoms with E-state index in [4.69, 9.17) is 25.7 Å². The lowest BCUT2D eigenvalue weighted by Crippen LogP contribution is -2.70. The van der Waals surface area contributed by atoms with E-state index in [9.17, 15) is 19.2 Å². The van der Waals surface area contributed by atoms with Crippen molar-refractivity contribution in [2.45, 2.75) is 53.8 Å². The van der Waals surface area contributed by atoms with Crippen LogP contribution in [0.15, 0.2) is 143 Å². The Balaban J connectivity index is 1.09. The Hall–Kier alpha value is -6.61. The summed E-state index contributed by atoms with van der Waals surface area (Å²) in [5.41, 5.74) is -0.107. The number of ether oxygens (including phenoxy) is 2. The van der Waals surface area contributed by atoms with E-state index in [1.807, 2.05) is 91.0 Å². The fourth-order valence-electron chi connectivity index (χ4n) is 6.90. The summed E-state index contributed by atoms with van der Waals surface area (Å²) >= 11 is 3.67. The largest absolute Gasteiger partial charge is 0.444 e. The SMILES string of the molecule is C#CCN(C(=O)OC(C)(C)C)C(OC(=O)C1=CCS[C@H]2C(NC(=O)/C(=N\OC)c3csc(NC(c4ccccc4)(c4ccccc4)c4ccccc4)n3)C(=O)N12)Sc1ccncc1. The van der Waals surface area contributed by atoms with E-state index in [1.54, 1.807) is 56.8 Å². The average Bonchev–Trinajstić information content (AvgIpc) is 3.76. The number of fused-ring (bicyclic) bond motifs is 1. The zero-order valence-corrected chi connectivity index (χ0v) is 37.1. The first kappa shape index (κ1) is 44.4. The molecule has 2 unspecified atom stereocenters. The van der Waals surface area contributed by atoms with Gasteiger partial charge in [-0.3, -0.25) is 24.4 Å². The number of carbonyl (C=O) groups excluding carboxylic acids is 4. The third-order valence-electron chi connectivity index (χ3n) is 9.64. The molecule has 63 heavy (non-hydrogen) atoms. The van der Waals surface area contributed by atoms with Gasteiger partial charge in [-0.2, -0.15) is 0 Å².